The quantitative estimate of drug-likeness (QED) is 0.196. The van der Waals surface area contributed by atoms with Gasteiger partial charge in [-0.3, -0.25) is 29.4 Å². The summed E-state index contributed by atoms with van der Waals surface area (Å²) in [5, 5.41) is 14.5. The van der Waals surface area contributed by atoms with Crippen LogP contribution >= 0.6 is 0 Å². The van der Waals surface area contributed by atoms with Gasteiger partial charge in [-0.05, 0) is 61.9 Å². The standard InChI is InChI=1S/C43H50FN13O6/c1-51-13-18-56(43(51)62)28-3-2-11-55(23-28)42-48-39(36(38(45)59)49-50-42)46-26-4-7-32(31(44)19-26)53-16-14-52(15-17-53)21-25-10-12-54(22-25)27-5-6-29-30-24-57(33-8-9-35(58)47-40(33)60)41(61)37(30)63-34(29)20-27/h4-7,19-20,25,28,33H,2-3,8-18,21-24H2,1H3,(H2,45,59)(H,46,48,50)(H,47,58,60)/t25?,28-,33?/m1/s1. The van der Waals surface area contributed by atoms with E-state index >= 15 is 4.39 Å². The molecule has 2 aromatic carbocycles. The van der Waals surface area contributed by atoms with E-state index in [-0.39, 0.29) is 54.1 Å². The van der Waals surface area contributed by atoms with E-state index < -0.39 is 23.7 Å². The Hall–Kier alpha value is -6.57. The maximum atomic E-state index is 15.8. The molecule has 330 valence electrons. The van der Waals surface area contributed by atoms with Crippen molar-refractivity contribution in [2.45, 2.75) is 50.7 Å². The first kappa shape index (κ1) is 40.5. The largest absolute Gasteiger partial charge is 0.450 e. The van der Waals surface area contributed by atoms with E-state index in [0.717, 1.165) is 68.6 Å². The summed E-state index contributed by atoms with van der Waals surface area (Å²) in [4.78, 5) is 80.9. The fourth-order valence-electron chi connectivity index (χ4n) is 10.1. The zero-order valence-corrected chi connectivity index (χ0v) is 35.1. The summed E-state index contributed by atoms with van der Waals surface area (Å²) in [6.07, 6.45) is 3.24. The summed E-state index contributed by atoms with van der Waals surface area (Å²) in [6, 6.07) is 10.2. The maximum Gasteiger partial charge on any atom is 0.320 e. The van der Waals surface area contributed by atoms with Crippen molar-refractivity contribution in [3.05, 3.63) is 59.2 Å². The SMILES string of the molecule is CN1CCN([C@@H]2CCCN(c3nnc(C(N)=O)c(Nc4ccc(N5CCN(CC6CCN(c7ccc8c9c(oc8c7)C(=O)N(C7CCC(=O)NC7=O)C9)C6)CC5)c(F)c4)n3)C2)C1=O. The highest BCUT2D eigenvalue weighted by Crippen LogP contribution is 2.38. The number of furan rings is 1. The molecule has 20 heteroatoms. The predicted octanol–water partition coefficient (Wildman–Crippen LogP) is 2.35. The summed E-state index contributed by atoms with van der Waals surface area (Å²) < 4.78 is 21.9. The third-order valence-corrected chi connectivity index (χ3v) is 13.5. The van der Waals surface area contributed by atoms with Gasteiger partial charge in [0.15, 0.2) is 17.3 Å². The molecule has 5 saturated heterocycles. The number of piperazine rings is 1. The van der Waals surface area contributed by atoms with Crippen molar-refractivity contribution in [1.82, 2.24) is 40.1 Å². The van der Waals surface area contributed by atoms with Crippen LogP contribution in [0.5, 0.6) is 0 Å². The summed E-state index contributed by atoms with van der Waals surface area (Å²) in [6.45, 7) is 8.44. The number of hydrogen-bond donors (Lipinski definition) is 3. The van der Waals surface area contributed by atoms with Gasteiger partial charge in [0.25, 0.3) is 11.8 Å². The summed E-state index contributed by atoms with van der Waals surface area (Å²) in [5.41, 5.74) is 8.82. The van der Waals surface area contributed by atoms with E-state index in [2.05, 4.69) is 46.6 Å². The number of aromatic nitrogens is 3. The molecule has 5 fully saturated rings. The van der Waals surface area contributed by atoms with Crippen molar-refractivity contribution in [2.24, 2.45) is 11.7 Å². The average molecular weight is 864 g/mol. The van der Waals surface area contributed by atoms with Gasteiger partial charge in [0.05, 0.1) is 18.3 Å². The highest BCUT2D eigenvalue weighted by atomic mass is 19.1. The number of nitrogens with one attached hydrogen (secondary N) is 2. The monoisotopic (exact) mass is 863 g/mol. The average Bonchev–Trinajstić information content (AvgIpc) is 4.05. The van der Waals surface area contributed by atoms with Gasteiger partial charge in [-0.1, -0.05) is 0 Å². The number of benzene rings is 2. The number of nitrogens with two attached hydrogens (primary N) is 1. The molecule has 0 saturated carbocycles. The highest BCUT2D eigenvalue weighted by molar-refractivity contribution is 6.07. The molecule has 4 N–H and O–H groups in total. The number of piperidine rings is 2. The predicted molar refractivity (Wildman–Crippen MR) is 229 cm³/mol. The number of urea groups is 1. The highest BCUT2D eigenvalue weighted by Gasteiger charge is 2.42. The lowest BCUT2D eigenvalue weighted by atomic mass is 10.0. The molecule has 0 spiro atoms. The number of fused-ring (bicyclic) bond motifs is 3. The molecule has 8 heterocycles. The number of anilines is 5. The van der Waals surface area contributed by atoms with Gasteiger partial charge in [-0.15, -0.1) is 10.2 Å². The number of primary amides is 1. The third kappa shape index (κ3) is 7.69. The molecule has 6 aliphatic rings. The Bertz CT molecular complexity index is 2510. The first-order valence-electron chi connectivity index (χ1n) is 21.8. The lowest BCUT2D eigenvalue weighted by Crippen LogP contribution is -2.52. The van der Waals surface area contributed by atoms with Gasteiger partial charge >= 0.3 is 6.03 Å². The van der Waals surface area contributed by atoms with Gasteiger partial charge in [-0.2, -0.15) is 4.98 Å². The van der Waals surface area contributed by atoms with Crippen LogP contribution in [-0.2, 0) is 16.1 Å². The van der Waals surface area contributed by atoms with Crippen LogP contribution in [0.1, 0.15) is 58.7 Å². The Labute approximate surface area is 362 Å². The molecule has 3 atom stereocenters. The van der Waals surface area contributed by atoms with E-state index in [0.29, 0.717) is 74.5 Å². The Balaban J connectivity index is 0.728. The first-order valence-corrected chi connectivity index (χ1v) is 21.8. The number of amides is 6. The second-order valence-corrected chi connectivity index (χ2v) is 17.5. The number of carbonyl (C=O) groups is 5. The fourth-order valence-corrected chi connectivity index (χ4v) is 10.1. The minimum absolute atomic E-state index is 0.00145. The van der Waals surface area contributed by atoms with Crippen molar-refractivity contribution < 1.29 is 32.8 Å². The Kier molecular flexibility index (Phi) is 10.5. The molecular formula is C43H50FN13O6. The van der Waals surface area contributed by atoms with E-state index in [1.807, 2.05) is 21.9 Å². The number of nitrogens with zero attached hydrogens (tertiary/aromatic N) is 10. The summed E-state index contributed by atoms with van der Waals surface area (Å²) in [5.74, 6) is -1.21. The molecule has 0 radical (unpaired) electrons. The molecule has 0 bridgehead atoms. The number of carbonyl (C=O) groups excluding carboxylic acids is 5. The van der Waals surface area contributed by atoms with Crippen LogP contribution < -0.4 is 31.1 Å². The van der Waals surface area contributed by atoms with E-state index in [4.69, 9.17) is 10.2 Å². The Morgan fingerprint density at radius 1 is 0.905 bits per heavy atom. The molecule has 63 heavy (non-hydrogen) atoms. The maximum absolute atomic E-state index is 15.8. The number of halogens is 1. The summed E-state index contributed by atoms with van der Waals surface area (Å²) >= 11 is 0. The second-order valence-electron chi connectivity index (χ2n) is 17.5. The minimum atomic E-state index is -0.814. The van der Waals surface area contributed by atoms with Crippen LogP contribution in [0.3, 0.4) is 0 Å². The van der Waals surface area contributed by atoms with Gasteiger partial charge in [0, 0.05) is 114 Å². The number of rotatable bonds is 10. The van der Waals surface area contributed by atoms with Gasteiger partial charge in [-0.25, -0.2) is 9.18 Å². The van der Waals surface area contributed by atoms with Crippen LogP contribution in [0, 0.1) is 11.7 Å². The molecule has 6 aliphatic heterocycles. The number of likely N-dealkylation sites (N-methyl/N-ethyl adjacent to an activating group) is 1. The van der Waals surface area contributed by atoms with Crippen LogP contribution in [0.2, 0.25) is 0 Å². The van der Waals surface area contributed by atoms with Crippen molar-refractivity contribution in [1.29, 1.82) is 0 Å². The van der Waals surface area contributed by atoms with Crippen molar-refractivity contribution >= 4 is 69.5 Å². The lowest BCUT2D eigenvalue weighted by Gasteiger charge is -2.37. The second kappa shape index (κ2) is 16.3. The molecule has 4 aromatic rings. The van der Waals surface area contributed by atoms with Crippen LogP contribution in [-0.4, -0.2) is 156 Å². The normalized spacial score (nSPS) is 23.4. The van der Waals surface area contributed by atoms with Crippen molar-refractivity contribution in [3.8, 4) is 0 Å². The minimum Gasteiger partial charge on any atom is -0.450 e. The third-order valence-electron chi connectivity index (χ3n) is 13.5. The van der Waals surface area contributed by atoms with Crippen LogP contribution in [0.15, 0.2) is 40.8 Å². The zero-order valence-electron chi connectivity index (χ0n) is 35.1. The van der Waals surface area contributed by atoms with E-state index in [9.17, 15) is 24.0 Å². The smallest absolute Gasteiger partial charge is 0.320 e. The van der Waals surface area contributed by atoms with Gasteiger partial charge in [0.1, 0.15) is 17.4 Å². The van der Waals surface area contributed by atoms with Crippen molar-refractivity contribution in [3.63, 3.8) is 0 Å². The van der Waals surface area contributed by atoms with Gasteiger partial charge in [0.2, 0.25) is 17.8 Å². The van der Waals surface area contributed by atoms with Crippen molar-refractivity contribution in [2.75, 3.05) is 99.1 Å². The van der Waals surface area contributed by atoms with E-state index in [1.54, 1.807) is 24.1 Å². The molecule has 2 aromatic heterocycles. The molecular weight excluding hydrogens is 814 g/mol. The topological polar surface area (TPSA) is 210 Å². The van der Waals surface area contributed by atoms with Gasteiger partial charge < -0.3 is 44.9 Å². The molecule has 10 rings (SSSR count). The zero-order chi connectivity index (χ0) is 43.5. The molecule has 2 unspecified atom stereocenters. The fraction of sp³-hybridized carbons (Fsp3) is 0.488. The van der Waals surface area contributed by atoms with Crippen LogP contribution in [0.4, 0.5) is 38.0 Å². The lowest BCUT2D eigenvalue weighted by molar-refractivity contribution is -0.136. The molecule has 19 nitrogen and oxygen atoms in total. The van der Waals surface area contributed by atoms with E-state index in [1.165, 1.54) is 11.0 Å². The van der Waals surface area contributed by atoms with Crippen LogP contribution in [0.25, 0.3) is 11.0 Å². The molecule has 0 aliphatic carbocycles. The Morgan fingerprint density at radius 2 is 1.75 bits per heavy atom. The summed E-state index contributed by atoms with van der Waals surface area (Å²) in [7, 11) is 1.80. The molecule has 6 amide bonds. The Morgan fingerprint density at radius 3 is 2.51 bits per heavy atom. The number of hydrogen-bond acceptors (Lipinski definition) is 14. The number of imide groups is 1. The first-order chi connectivity index (χ1) is 30.5.